The molecular formula is C17H20ClN3O2. The minimum absolute atomic E-state index is 0.0827. The number of ether oxygens (including phenoxy) is 1. The van der Waals surface area contributed by atoms with Crippen molar-refractivity contribution in [2.75, 3.05) is 7.11 Å². The molecule has 1 unspecified atom stereocenters. The summed E-state index contributed by atoms with van der Waals surface area (Å²) in [4.78, 5) is 16.1. The van der Waals surface area contributed by atoms with Crippen LogP contribution in [0, 0.1) is 0 Å². The standard InChI is InChI=1S/C17H20ClN3O2/c1-3-15(13-5-4-6-14(18)10-13)21-17(22)20-11-12-7-8-19-16(9-12)23-2/h4-10,15H,3,11H2,1-2H3,(H2,20,21,22). The summed E-state index contributed by atoms with van der Waals surface area (Å²) >= 11 is 6.01. The molecule has 23 heavy (non-hydrogen) atoms. The molecule has 0 fully saturated rings. The second-order valence-electron chi connectivity index (χ2n) is 5.05. The SMILES string of the molecule is CCC(NC(=O)NCc1ccnc(OC)c1)c1cccc(Cl)c1. The molecule has 0 bridgehead atoms. The Morgan fingerprint density at radius 3 is 2.87 bits per heavy atom. The van der Waals surface area contributed by atoms with E-state index >= 15 is 0 Å². The first-order valence-electron chi connectivity index (χ1n) is 7.41. The lowest BCUT2D eigenvalue weighted by molar-refractivity contribution is 0.236. The normalized spacial score (nSPS) is 11.6. The van der Waals surface area contributed by atoms with Gasteiger partial charge in [-0.1, -0.05) is 30.7 Å². The average molecular weight is 334 g/mol. The van der Waals surface area contributed by atoms with E-state index < -0.39 is 0 Å². The third-order valence-corrected chi connectivity index (χ3v) is 3.66. The molecular weight excluding hydrogens is 314 g/mol. The molecule has 1 heterocycles. The Hall–Kier alpha value is -2.27. The van der Waals surface area contributed by atoms with Gasteiger partial charge in [-0.2, -0.15) is 0 Å². The second kappa shape index (κ2) is 8.39. The summed E-state index contributed by atoms with van der Waals surface area (Å²) in [6.45, 7) is 2.41. The lowest BCUT2D eigenvalue weighted by Gasteiger charge is -2.18. The van der Waals surface area contributed by atoms with Crippen LogP contribution in [0.1, 0.15) is 30.5 Å². The number of benzene rings is 1. The molecule has 0 saturated carbocycles. The quantitative estimate of drug-likeness (QED) is 0.847. The van der Waals surface area contributed by atoms with Crippen LogP contribution in [0.25, 0.3) is 0 Å². The van der Waals surface area contributed by atoms with Gasteiger partial charge in [0, 0.05) is 23.8 Å². The number of methoxy groups -OCH3 is 1. The Morgan fingerprint density at radius 2 is 2.17 bits per heavy atom. The van der Waals surface area contributed by atoms with E-state index in [9.17, 15) is 4.79 Å². The summed E-state index contributed by atoms with van der Waals surface area (Å²) in [5.74, 6) is 0.523. The van der Waals surface area contributed by atoms with E-state index in [0.29, 0.717) is 17.4 Å². The largest absolute Gasteiger partial charge is 0.481 e. The molecule has 0 spiro atoms. The molecule has 0 aliphatic carbocycles. The van der Waals surface area contributed by atoms with Crippen molar-refractivity contribution in [2.24, 2.45) is 0 Å². The number of carbonyl (C=O) groups excluding carboxylic acids is 1. The number of carbonyl (C=O) groups is 1. The summed E-state index contributed by atoms with van der Waals surface area (Å²) in [7, 11) is 1.56. The Balaban J connectivity index is 1.92. The molecule has 1 atom stereocenters. The number of nitrogens with zero attached hydrogens (tertiary/aromatic N) is 1. The molecule has 1 aromatic carbocycles. The van der Waals surface area contributed by atoms with E-state index in [1.54, 1.807) is 19.4 Å². The number of aromatic nitrogens is 1. The lowest BCUT2D eigenvalue weighted by atomic mass is 10.1. The van der Waals surface area contributed by atoms with Crippen LogP contribution in [0.5, 0.6) is 5.88 Å². The zero-order valence-corrected chi connectivity index (χ0v) is 13.9. The third-order valence-electron chi connectivity index (χ3n) is 3.43. The van der Waals surface area contributed by atoms with Crippen LogP contribution in [0.4, 0.5) is 4.79 Å². The molecule has 2 rings (SSSR count). The van der Waals surface area contributed by atoms with Crippen LogP contribution in [0.3, 0.4) is 0 Å². The van der Waals surface area contributed by atoms with Crippen LogP contribution in [0.15, 0.2) is 42.6 Å². The number of nitrogens with one attached hydrogen (secondary N) is 2. The summed E-state index contributed by atoms with van der Waals surface area (Å²) in [6.07, 6.45) is 2.42. The van der Waals surface area contributed by atoms with Crippen LogP contribution in [-0.4, -0.2) is 18.1 Å². The monoisotopic (exact) mass is 333 g/mol. The highest BCUT2D eigenvalue weighted by molar-refractivity contribution is 6.30. The smallest absolute Gasteiger partial charge is 0.315 e. The van der Waals surface area contributed by atoms with Crippen molar-refractivity contribution in [2.45, 2.75) is 25.9 Å². The highest BCUT2D eigenvalue weighted by Gasteiger charge is 2.12. The summed E-state index contributed by atoms with van der Waals surface area (Å²) in [6, 6.07) is 10.8. The van der Waals surface area contributed by atoms with E-state index in [2.05, 4.69) is 15.6 Å². The lowest BCUT2D eigenvalue weighted by Crippen LogP contribution is -2.37. The number of hydrogen-bond acceptors (Lipinski definition) is 3. The number of pyridine rings is 1. The van der Waals surface area contributed by atoms with Gasteiger partial charge in [-0.05, 0) is 35.7 Å². The van der Waals surface area contributed by atoms with E-state index in [-0.39, 0.29) is 12.1 Å². The van der Waals surface area contributed by atoms with Gasteiger partial charge in [-0.25, -0.2) is 9.78 Å². The fraction of sp³-hybridized carbons (Fsp3) is 0.294. The number of amides is 2. The Kier molecular flexibility index (Phi) is 6.23. The zero-order valence-electron chi connectivity index (χ0n) is 13.2. The van der Waals surface area contributed by atoms with Gasteiger partial charge in [0.25, 0.3) is 0 Å². The van der Waals surface area contributed by atoms with Crippen LogP contribution >= 0.6 is 11.6 Å². The first kappa shape index (κ1) is 17.1. The van der Waals surface area contributed by atoms with Crippen LogP contribution < -0.4 is 15.4 Å². The van der Waals surface area contributed by atoms with Crippen molar-refractivity contribution in [3.8, 4) is 5.88 Å². The molecule has 6 heteroatoms. The van der Waals surface area contributed by atoms with Gasteiger partial charge >= 0.3 is 6.03 Å². The first-order chi connectivity index (χ1) is 11.1. The van der Waals surface area contributed by atoms with Crippen LogP contribution in [0.2, 0.25) is 5.02 Å². The Bertz CT molecular complexity index is 664. The predicted octanol–water partition coefficient (Wildman–Crippen LogP) is 3.69. The summed E-state index contributed by atoms with van der Waals surface area (Å²) in [5.41, 5.74) is 1.91. The number of hydrogen-bond donors (Lipinski definition) is 2. The van der Waals surface area contributed by atoms with Gasteiger partial charge in [0.15, 0.2) is 0 Å². The summed E-state index contributed by atoms with van der Waals surface area (Å²) in [5, 5.41) is 6.45. The molecule has 0 aliphatic rings. The van der Waals surface area contributed by atoms with Gasteiger partial charge < -0.3 is 15.4 Å². The minimum Gasteiger partial charge on any atom is -0.481 e. The Morgan fingerprint density at radius 1 is 1.35 bits per heavy atom. The molecule has 0 radical (unpaired) electrons. The van der Waals surface area contributed by atoms with Crippen molar-refractivity contribution >= 4 is 17.6 Å². The van der Waals surface area contributed by atoms with E-state index in [1.807, 2.05) is 37.3 Å². The topological polar surface area (TPSA) is 63.2 Å². The molecule has 2 aromatic rings. The fourth-order valence-electron chi connectivity index (χ4n) is 2.21. The molecule has 5 nitrogen and oxygen atoms in total. The van der Waals surface area contributed by atoms with Crippen molar-refractivity contribution in [3.63, 3.8) is 0 Å². The highest BCUT2D eigenvalue weighted by atomic mass is 35.5. The zero-order chi connectivity index (χ0) is 16.7. The van der Waals surface area contributed by atoms with Crippen molar-refractivity contribution in [1.29, 1.82) is 0 Å². The van der Waals surface area contributed by atoms with Gasteiger partial charge in [-0.15, -0.1) is 0 Å². The van der Waals surface area contributed by atoms with Gasteiger partial charge in [0.2, 0.25) is 5.88 Å². The van der Waals surface area contributed by atoms with E-state index in [0.717, 1.165) is 17.5 Å². The molecule has 2 N–H and O–H groups in total. The van der Waals surface area contributed by atoms with Gasteiger partial charge in [0.1, 0.15) is 0 Å². The summed E-state index contributed by atoms with van der Waals surface area (Å²) < 4.78 is 5.06. The first-order valence-corrected chi connectivity index (χ1v) is 7.79. The number of urea groups is 1. The van der Waals surface area contributed by atoms with E-state index in [4.69, 9.17) is 16.3 Å². The maximum absolute atomic E-state index is 12.1. The molecule has 0 aliphatic heterocycles. The third kappa shape index (κ3) is 5.14. The van der Waals surface area contributed by atoms with Gasteiger partial charge in [0.05, 0.1) is 13.2 Å². The predicted molar refractivity (Wildman–Crippen MR) is 90.6 cm³/mol. The molecule has 1 aromatic heterocycles. The maximum Gasteiger partial charge on any atom is 0.315 e. The maximum atomic E-state index is 12.1. The van der Waals surface area contributed by atoms with Crippen molar-refractivity contribution in [3.05, 3.63) is 58.7 Å². The number of halogens is 1. The highest BCUT2D eigenvalue weighted by Crippen LogP contribution is 2.20. The second-order valence-corrected chi connectivity index (χ2v) is 5.49. The van der Waals surface area contributed by atoms with Crippen molar-refractivity contribution in [1.82, 2.24) is 15.6 Å². The molecule has 2 amide bonds. The molecule has 122 valence electrons. The van der Waals surface area contributed by atoms with Crippen molar-refractivity contribution < 1.29 is 9.53 Å². The Labute approximate surface area is 141 Å². The van der Waals surface area contributed by atoms with E-state index in [1.165, 1.54) is 0 Å². The van der Waals surface area contributed by atoms with Crippen LogP contribution in [-0.2, 0) is 6.54 Å². The van der Waals surface area contributed by atoms with Gasteiger partial charge in [-0.3, -0.25) is 0 Å². The fourth-order valence-corrected chi connectivity index (χ4v) is 2.41. The molecule has 0 saturated heterocycles. The average Bonchev–Trinajstić information content (AvgIpc) is 2.58. The number of rotatable bonds is 6. The minimum atomic E-state index is -0.229.